The van der Waals surface area contributed by atoms with E-state index in [2.05, 4.69) is 10.3 Å². The minimum absolute atomic E-state index is 0. The zero-order valence-electron chi connectivity index (χ0n) is 11.3. The molecule has 108 valence electrons. The lowest BCUT2D eigenvalue weighted by Crippen LogP contribution is -2.41. The minimum atomic E-state index is 0. The van der Waals surface area contributed by atoms with Crippen molar-refractivity contribution in [2.45, 2.75) is 25.8 Å². The first-order chi connectivity index (χ1) is 8.24. The summed E-state index contributed by atoms with van der Waals surface area (Å²) in [6.07, 6.45) is 3.85. The van der Waals surface area contributed by atoms with Gasteiger partial charge in [-0.1, -0.05) is 6.07 Å². The fourth-order valence-electron chi connectivity index (χ4n) is 2.40. The van der Waals surface area contributed by atoms with Crippen molar-refractivity contribution in [3.8, 4) is 0 Å². The van der Waals surface area contributed by atoms with Gasteiger partial charge in [0.05, 0.1) is 0 Å². The monoisotopic (exact) mass is 305 g/mol. The van der Waals surface area contributed by atoms with E-state index in [9.17, 15) is 4.79 Å². The first-order valence-corrected chi connectivity index (χ1v) is 6.11. The predicted molar refractivity (Wildman–Crippen MR) is 81.5 cm³/mol. The van der Waals surface area contributed by atoms with Crippen LogP contribution in [-0.2, 0) is 0 Å². The van der Waals surface area contributed by atoms with Crippen LogP contribution >= 0.6 is 24.8 Å². The first-order valence-electron chi connectivity index (χ1n) is 6.11. The summed E-state index contributed by atoms with van der Waals surface area (Å²) in [5, 5.41) is 3.15. The number of likely N-dealkylation sites (N-methyl/N-ethyl adjacent to an activating group) is 1. The maximum atomic E-state index is 12.4. The van der Waals surface area contributed by atoms with E-state index >= 15 is 0 Å². The van der Waals surface area contributed by atoms with Crippen molar-refractivity contribution in [2.24, 2.45) is 0 Å². The fraction of sp³-hybridized carbons (Fsp3) is 0.538. The molecule has 1 unspecified atom stereocenters. The first kappa shape index (κ1) is 18.2. The van der Waals surface area contributed by atoms with Crippen LogP contribution < -0.4 is 5.32 Å². The van der Waals surface area contributed by atoms with Gasteiger partial charge in [0.15, 0.2) is 0 Å². The van der Waals surface area contributed by atoms with Crippen molar-refractivity contribution in [1.82, 2.24) is 15.2 Å². The van der Waals surface area contributed by atoms with Crippen molar-refractivity contribution in [1.29, 1.82) is 0 Å². The summed E-state index contributed by atoms with van der Waals surface area (Å²) in [7, 11) is 1.92. The third-order valence-corrected chi connectivity index (χ3v) is 3.29. The van der Waals surface area contributed by atoms with E-state index < -0.39 is 0 Å². The molecule has 1 aromatic rings. The molecule has 1 amide bonds. The number of amides is 1. The predicted octanol–water partition coefficient (Wildman–Crippen LogP) is 2.06. The molecule has 0 spiro atoms. The van der Waals surface area contributed by atoms with Crippen LogP contribution in [0.5, 0.6) is 0 Å². The molecular weight excluding hydrogens is 285 g/mol. The Balaban J connectivity index is 0.00000162. The highest BCUT2D eigenvalue weighted by molar-refractivity contribution is 5.94. The standard InChI is InChI=1S/C13H19N3O.2ClH/c1-10-5-3-7-15-12(10)13(17)16-8-4-6-11(16)9-14-2;;/h3,5,7,11,14H,4,6,8-9H2,1-2H3;2*1H. The highest BCUT2D eigenvalue weighted by Gasteiger charge is 2.29. The summed E-state index contributed by atoms with van der Waals surface area (Å²) >= 11 is 0. The minimum Gasteiger partial charge on any atom is -0.333 e. The molecule has 1 aliphatic rings. The Morgan fingerprint density at radius 3 is 2.89 bits per heavy atom. The van der Waals surface area contributed by atoms with Crippen molar-refractivity contribution in [3.63, 3.8) is 0 Å². The van der Waals surface area contributed by atoms with Gasteiger partial charge in [-0.2, -0.15) is 0 Å². The Bertz CT molecular complexity index is 415. The molecular formula is C13H21Cl2N3O. The van der Waals surface area contributed by atoms with E-state index in [0.29, 0.717) is 11.7 Å². The summed E-state index contributed by atoms with van der Waals surface area (Å²) < 4.78 is 0. The smallest absolute Gasteiger partial charge is 0.273 e. The summed E-state index contributed by atoms with van der Waals surface area (Å²) in [4.78, 5) is 18.5. The molecule has 0 saturated carbocycles. The van der Waals surface area contributed by atoms with Crippen LogP contribution in [-0.4, -0.2) is 42.0 Å². The zero-order valence-corrected chi connectivity index (χ0v) is 12.9. The summed E-state index contributed by atoms with van der Waals surface area (Å²) in [5.74, 6) is 0.0702. The summed E-state index contributed by atoms with van der Waals surface area (Å²) in [6.45, 7) is 3.64. The third-order valence-electron chi connectivity index (χ3n) is 3.29. The van der Waals surface area contributed by atoms with Gasteiger partial charge in [0, 0.05) is 25.3 Å². The SMILES string of the molecule is CNCC1CCCN1C(=O)c1ncccc1C.Cl.Cl. The molecule has 1 aliphatic heterocycles. The Morgan fingerprint density at radius 2 is 2.26 bits per heavy atom. The van der Waals surface area contributed by atoms with Crippen molar-refractivity contribution in [3.05, 3.63) is 29.6 Å². The van der Waals surface area contributed by atoms with Gasteiger partial charge in [0.2, 0.25) is 0 Å². The third kappa shape index (κ3) is 4.06. The molecule has 0 aliphatic carbocycles. The highest BCUT2D eigenvalue weighted by atomic mass is 35.5. The molecule has 0 bridgehead atoms. The number of pyridine rings is 1. The average Bonchev–Trinajstić information content (AvgIpc) is 2.78. The van der Waals surface area contributed by atoms with Crippen LogP contribution in [0.15, 0.2) is 18.3 Å². The van der Waals surface area contributed by atoms with E-state index in [-0.39, 0.29) is 30.7 Å². The number of aromatic nitrogens is 1. The molecule has 1 atom stereocenters. The highest BCUT2D eigenvalue weighted by Crippen LogP contribution is 2.19. The molecule has 1 fully saturated rings. The maximum Gasteiger partial charge on any atom is 0.273 e. The second kappa shape index (κ2) is 8.35. The number of carbonyl (C=O) groups excluding carboxylic acids is 1. The molecule has 1 N–H and O–H groups in total. The van der Waals surface area contributed by atoms with Crippen LogP contribution in [0.3, 0.4) is 0 Å². The second-order valence-corrected chi connectivity index (χ2v) is 4.52. The van der Waals surface area contributed by atoms with Gasteiger partial charge in [-0.25, -0.2) is 0 Å². The zero-order chi connectivity index (χ0) is 12.3. The Hall–Kier alpha value is -0.840. The van der Waals surface area contributed by atoms with Gasteiger partial charge in [-0.15, -0.1) is 24.8 Å². The van der Waals surface area contributed by atoms with Crippen LogP contribution in [0, 0.1) is 6.92 Å². The van der Waals surface area contributed by atoms with E-state index in [4.69, 9.17) is 0 Å². The van der Waals surface area contributed by atoms with Crippen LogP contribution in [0.25, 0.3) is 0 Å². The number of carbonyl (C=O) groups is 1. The lowest BCUT2D eigenvalue weighted by atomic mass is 10.1. The molecule has 1 aromatic heterocycles. The molecule has 0 radical (unpaired) electrons. The van der Waals surface area contributed by atoms with E-state index in [0.717, 1.165) is 31.5 Å². The Labute approximate surface area is 126 Å². The number of hydrogen-bond acceptors (Lipinski definition) is 3. The largest absolute Gasteiger partial charge is 0.333 e. The number of likely N-dealkylation sites (tertiary alicyclic amines) is 1. The lowest BCUT2D eigenvalue weighted by Gasteiger charge is -2.24. The summed E-state index contributed by atoms with van der Waals surface area (Å²) in [5.41, 5.74) is 1.54. The van der Waals surface area contributed by atoms with Crippen molar-refractivity contribution in [2.75, 3.05) is 20.1 Å². The Morgan fingerprint density at radius 1 is 1.53 bits per heavy atom. The molecule has 6 heteroatoms. The van der Waals surface area contributed by atoms with E-state index in [1.54, 1.807) is 6.20 Å². The number of rotatable bonds is 3. The van der Waals surface area contributed by atoms with E-state index in [1.807, 2.05) is 31.0 Å². The van der Waals surface area contributed by atoms with Gasteiger partial charge in [-0.3, -0.25) is 9.78 Å². The second-order valence-electron chi connectivity index (χ2n) is 4.52. The Kier molecular flexibility index (Phi) is 7.99. The average molecular weight is 306 g/mol. The van der Waals surface area contributed by atoms with Crippen molar-refractivity contribution >= 4 is 30.7 Å². The topological polar surface area (TPSA) is 45.2 Å². The van der Waals surface area contributed by atoms with Crippen LogP contribution in [0.1, 0.15) is 28.9 Å². The number of hydrogen-bond donors (Lipinski definition) is 1. The fourth-order valence-corrected chi connectivity index (χ4v) is 2.40. The number of halogens is 2. The quantitative estimate of drug-likeness (QED) is 0.930. The molecule has 4 nitrogen and oxygen atoms in total. The molecule has 0 aromatic carbocycles. The number of aryl methyl sites for hydroxylation is 1. The van der Waals surface area contributed by atoms with Crippen molar-refractivity contribution < 1.29 is 4.79 Å². The van der Waals surface area contributed by atoms with Gasteiger partial charge in [-0.05, 0) is 38.4 Å². The molecule has 2 heterocycles. The molecule has 1 saturated heterocycles. The normalized spacial score (nSPS) is 17.6. The molecule has 2 rings (SSSR count). The van der Waals surface area contributed by atoms with Gasteiger partial charge < -0.3 is 10.2 Å². The maximum absolute atomic E-state index is 12.4. The number of nitrogens with one attached hydrogen (secondary N) is 1. The van der Waals surface area contributed by atoms with Gasteiger partial charge >= 0.3 is 0 Å². The summed E-state index contributed by atoms with van der Waals surface area (Å²) in [6, 6.07) is 4.11. The molecule has 19 heavy (non-hydrogen) atoms. The van der Waals surface area contributed by atoms with Gasteiger partial charge in [0.1, 0.15) is 5.69 Å². The van der Waals surface area contributed by atoms with E-state index in [1.165, 1.54) is 0 Å². The lowest BCUT2D eigenvalue weighted by molar-refractivity contribution is 0.0730. The van der Waals surface area contributed by atoms with Crippen LogP contribution in [0.4, 0.5) is 0 Å². The number of nitrogens with zero attached hydrogens (tertiary/aromatic N) is 2. The van der Waals surface area contributed by atoms with Crippen LogP contribution in [0.2, 0.25) is 0 Å². The van der Waals surface area contributed by atoms with Gasteiger partial charge in [0.25, 0.3) is 5.91 Å².